The van der Waals surface area contributed by atoms with Gasteiger partial charge in [-0.2, -0.15) is 5.10 Å². The molecule has 2 aromatic heterocycles. The van der Waals surface area contributed by atoms with Crippen LogP contribution in [0, 0.1) is 13.8 Å². The number of nitrogens with zero attached hydrogens (tertiary/aromatic N) is 3. The molecule has 0 bridgehead atoms. The summed E-state index contributed by atoms with van der Waals surface area (Å²) in [5.41, 5.74) is 2.05. The van der Waals surface area contributed by atoms with Crippen LogP contribution in [0.3, 0.4) is 0 Å². The summed E-state index contributed by atoms with van der Waals surface area (Å²) in [4.78, 5) is 26.7. The molecule has 1 atom stereocenters. The third kappa shape index (κ3) is 2.73. The van der Waals surface area contributed by atoms with E-state index in [9.17, 15) is 9.59 Å². The van der Waals surface area contributed by atoms with E-state index in [4.69, 9.17) is 4.42 Å². The van der Waals surface area contributed by atoms with E-state index in [-0.39, 0.29) is 17.5 Å². The largest absolute Gasteiger partial charge is 0.422 e. The van der Waals surface area contributed by atoms with Crippen LogP contribution >= 0.6 is 0 Å². The topological polar surface area (TPSA) is 68.3 Å². The van der Waals surface area contributed by atoms with Crippen molar-refractivity contribution in [3.05, 3.63) is 63.8 Å². The number of rotatable bonds is 2. The summed E-state index contributed by atoms with van der Waals surface area (Å²) in [5.74, 6) is -0.275. The zero-order chi connectivity index (χ0) is 17.6. The first-order valence-corrected chi connectivity index (χ1v) is 8.38. The zero-order valence-corrected chi connectivity index (χ0v) is 14.2. The average molecular weight is 337 g/mol. The molecular weight excluding hydrogens is 318 g/mol. The highest BCUT2D eigenvalue weighted by atomic mass is 16.4. The number of carbonyl (C=O) groups excluding carboxylic acids is 1. The Hall–Kier alpha value is -2.89. The van der Waals surface area contributed by atoms with Gasteiger partial charge in [0.1, 0.15) is 11.1 Å². The maximum Gasteiger partial charge on any atom is 0.349 e. The molecule has 1 aliphatic rings. The Morgan fingerprint density at radius 3 is 2.80 bits per heavy atom. The summed E-state index contributed by atoms with van der Waals surface area (Å²) in [6, 6.07) is 11.0. The van der Waals surface area contributed by atoms with Crippen LogP contribution in [-0.2, 0) is 0 Å². The second-order valence-electron chi connectivity index (χ2n) is 6.55. The first-order valence-electron chi connectivity index (χ1n) is 8.38. The van der Waals surface area contributed by atoms with Gasteiger partial charge in [-0.05, 0) is 38.5 Å². The van der Waals surface area contributed by atoms with Crippen molar-refractivity contribution in [1.29, 1.82) is 0 Å². The summed E-state index contributed by atoms with van der Waals surface area (Å²) in [7, 11) is 0. The standard InChI is InChI=1S/C19H19N3O3/c1-12-9-13(2)22(20-12)15-7-8-21(11-15)18(23)16-10-14-5-3-4-6-17(14)25-19(16)24/h3-6,9-10,15H,7-8,11H2,1-2H3. The lowest BCUT2D eigenvalue weighted by atomic mass is 10.1. The maximum absolute atomic E-state index is 12.8. The molecule has 1 amide bonds. The number of likely N-dealkylation sites (tertiary alicyclic amines) is 1. The first-order chi connectivity index (χ1) is 12.0. The molecule has 1 unspecified atom stereocenters. The van der Waals surface area contributed by atoms with Gasteiger partial charge in [0.25, 0.3) is 5.91 Å². The Kier molecular flexibility index (Phi) is 3.67. The van der Waals surface area contributed by atoms with Crippen LogP contribution in [-0.4, -0.2) is 33.7 Å². The van der Waals surface area contributed by atoms with E-state index in [1.54, 1.807) is 23.1 Å². The van der Waals surface area contributed by atoms with Crippen molar-refractivity contribution in [3.63, 3.8) is 0 Å². The van der Waals surface area contributed by atoms with Gasteiger partial charge in [0.15, 0.2) is 0 Å². The average Bonchev–Trinajstić information content (AvgIpc) is 3.20. The molecule has 3 aromatic rings. The Morgan fingerprint density at radius 2 is 2.04 bits per heavy atom. The third-order valence-electron chi connectivity index (χ3n) is 4.71. The molecule has 0 aliphatic carbocycles. The number of benzene rings is 1. The SMILES string of the molecule is Cc1cc(C)n(C2CCN(C(=O)c3cc4ccccc4oc3=O)C2)n1. The molecule has 128 valence electrons. The van der Waals surface area contributed by atoms with Gasteiger partial charge in [-0.15, -0.1) is 0 Å². The van der Waals surface area contributed by atoms with Gasteiger partial charge in [-0.3, -0.25) is 9.48 Å². The molecule has 1 fully saturated rings. The summed E-state index contributed by atoms with van der Waals surface area (Å²) in [5, 5.41) is 5.27. The molecule has 25 heavy (non-hydrogen) atoms. The van der Waals surface area contributed by atoms with Crippen molar-refractivity contribution in [2.75, 3.05) is 13.1 Å². The molecule has 0 radical (unpaired) electrons. The quantitative estimate of drug-likeness (QED) is 0.674. The maximum atomic E-state index is 12.8. The number of fused-ring (bicyclic) bond motifs is 1. The summed E-state index contributed by atoms with van der Waals surface area (Å²) >= 11 is 0. The van der Waals surface area contributed by atoms with Crippen molar-refractivity contribution in [2.24, 2.45) is 0 Å². The first kappa shape index (κ1) is 15.6. The second kappa shape index (κ2) is 5.88. The van der Waals surface area contributed by atoms with Crippen molar-refractivity contribution in [3.8, 4) is 0 Å². The molecule has 1 aliphatic heterocycles. The minimum Gasteiger partial charge on any atom is -0.422 e. The van der Waals surface area contributed by atoms with E-state index >= 15 is 0 Å². The molecule has 1 aromatic carbocycles. The van der Waals surface area contributed by atoms with E-state index in [1.807, 2.05) is 36.7 Å². The van der Waals surface area contributed by atoms with Gasteiger partial charge in [0.05, 0.1) is 11.7 Å². The van der Waals surface area contributed by atoms with Crippen molar-refractivity contribution >= 4 is 16.9 Å². The fourth-order valence-corrected chi connectivity index (χ4v) is 3.52. The zero-order valence-electron chi connectivity index (χ0n) is 14.2. The van der Waals surface area contributed by atoms with E-state index in [0.717, 1.165) is 23.2 Å². The molecule has 1 saturated heterocycles. The fraction of sp³-hybridized carbons (Fsp3) is 0.316. The summed E-state index contributed by atoms with van der Waals surface area (Å²) < 4.78 is 7.26. The second-order valence-corrected chi connectivity index (χ2v) is 6.55. The smallest absolute Gasteiger partial charge is 0.349 e. The predicted octanol–water partition coefficient (Wildman–Crippen LogP) is 2.69. The molecule has 6 nitrogen and oxygen atoms in total. The van der Waals surface area contributed by atoms with E-state index < -0.39 is 5.63 Å². The Morgan fingerprint density at radius 1 is 1.24 bits per heavy atom. The van der Waals surface area contributed by atoms with Crippen LogP contribution in [0.2, 0.25) is 0 Å². The number of hydrogen-bond acceptors (Lipinski definition) is 4. The van der Waals surface area contributed by atoms with Crippen molar-refractivity contribution in [1.82, 2.24) is 14.7 Å². The van der Waals surface area contributed by atoms with Crippen LogP contribution < -0.4 is 5.63 Å². The van der Waals surface area contributed by atoms with Crippen LogP contribution in [0.1, 0.15) is 34.2 Å². The third-order valence-corrected chi connectivity index (χ3v) is 4.71. The van der Waals surface area contributed by atoms with E-state index in [2.05, 4.69) is 5.10 Å². The number of amides is 1. The number of aromatic nitrogens is 2. The van der Waals surface area contributed by atoms with Gasteiger partial charge in [0, 0.05) is 24.2 Å². The number of aryl methyl sites for hydroxylation is 2. The molecule has 6 heteroatoms. The molecule has 3 heterocycles. The van der Waals surface area contributed by atoms with Crippen LogP contribution in [0.25, 0.3) is 11.0 Å². The van der Waals surface area contributed by atoms with Crippen LogP contribution in [0.4, 0.5) is 0 Å². The Labute approximate surface area is 144 Å². The lowest BCUT2D eigenvalue weighted by Gasteiger charge is -2.17. The Balaban J connectivity index is 1.61. The fourth-order valence-electron chi connectivity index (χ4n) is 3.52. The highest BCUT2D eigenvalue weighted by Gasteiger charge is 2.30. The molecule has 0 N–H and O–H groups in total. The van der Waals surface area contributed by atoms with Gasteiger partial charge < -0.3 is 9.32 Å². The predicted molar refractivity (Wildman–Crippen MR) is 93.7 cm³/mol. The molecular formula is C19H19N3O3. The lowest BCUT2D eigenvalue weighted by molar-refractivity contribution is 0.0783. The normalized spacial score (nSPS) is 17.4. The van der Waals surface area contributed by atoms with Crippen LogP contribution in [0.15, 0.2) is 45.6 Å². The number of para-hydroxylation sites is 1. The minimum absolute atomic E-state index is 0.0905. The highest BCUT2D eigenvalue weighted by Crippen LogP contribution is 2.24. The molecule has 0 saturated carbocycles. The van der Waals surface area contributed by atoms with E-state index in [1.165, 1.54) is 0 Å². The monoisotopic (exact) mass is 337 g/mol. The summed E-state index contributed by atoms with van der Waals surface area (Å²) in [6.07, 6.45) is 0.826. The van der Waals surface area contributed by atoms with Crippen molar-refractivity contribution < 1.29 is 9.21 Å². The van der Waals surface area contributed by atoms with E-state index in [0.29, 0.717) is 18.7 Å². The Bertz CT molecular complexity index is 1020. The van der Waals surface area contributed by atoms with Crippen LogP contribution in [0.5, 0.6) is 0 Å². The molecule has 0 spiro atoms. The number of carbonyl (C=O) groups is 1. The number of hydrogen-bond donors (Lipinski definition) is 0. The van der Waals surface area contributed by atoms with Gasteiger partial charge in [-0.1, -0.05) is 18.2 Å². The lowest BCUT2D eigenvalue weighted by Crippen LogP contribution is -2.32. The van der Waals surface area contributed by atoms with Gasteiger partial charge in [-0.25, -0.2) is 4.79 Å². The van der Waals surface area contributed by atoms with Gasteiger partial charge >= 0.3 is 5.63 Å². The minimum atomic E-state index is -0.585. The van der Waals surface area contributed by atoms with Gasteiger partial charge in [0.2, 0.25) is 0 Å². The molecule has 4 rings (SSSR count). The highest BCUT2D eigenvalue weighted by molar-refractivity contribution is 5.96. The summed E-state index contributed by atoms with van der Waals surface area (Å²) in [6.45, 7) is 5.13. The van der Waals surface area contributed by atoms with Crippen molar-refractivity contribution in [2.45, 2.75) is 26.3 Å².